The number of nitrogens with zero attached hydrogens (tertiary/aromatic N) is 6. The van der Waals surface area contributed by atoms with Crippen LogP contribution in [0.1, 0.15) is 33.5 Å². The van der Waals surface area contributed by atoms with Gasteiger partial charge in [-0.2, -0.15) is 5.10 Å². The largest absolute Gasteiger partial charge is 0.383 e. The van der Waals surface area contributed by atoms with Crippen molar-refractivity contribution in [2.75, 3.05) is 5.73 Å². The number of aryl methyl sites for hydroxylation is 2. The van der Waals surface area contributed by atoms with Crippen LogP contribution in [0, 0.1) is 0 Å². The van der Waals surface area contributed by atoms with Gasteiger partial charge in [0.05, 0.1) is 5.56 Å². The number of benzene rings is 2. The molecule has 0 bridgehead atoms. The Hall–Kier alpha value is -5.35. The number of pyridine rings is 2. The van der Waals surface area contributed by atoms with E-state index in [1.807, 2.05) is 42.6 Å². The van der Waals surface area contributed by atoms with Crippen LogP contribution in [0.4, 0.5) is 5.82 Å². The Morgan fingerprint density at radius 2 is 1.76 bits per heavy atom. The van der Waals surface area contributed by atoms with Crippen molar-refractivity contribution in [3.63, 3.8) is 0 Å². The summed E-state index contributed by atoms with van der Waals surface area (Å²) in [4.78, 5) is 24.8. The lowest BCUT2D eigenvalue weighted by molar-refractivity contribution is 0.0999. The van der Waals surface area contributed by atoms with E-state index in [0.29, 0.717) is 17.9 Å². The van der Waals surface area contributed by atoms with E-state index in [4.69, 9.17) is 27.2 Å². The average Bonchev–Trinajstić information content (AvgIpc) is 3.77. The summed E-state index contributed by atoms with van der Waals surface area (Å²) < 4.78 is 3.83. The lowest BCUT2D eigenvalue weighted by Gasteiger charge is -2.12. The minimum absolute atomic E-state index is 0.346. The highest BCUT2D eigenvalue weighted by Gasteiger charge is 2.20. The van der Waals surface area contributed by atoms with Gasteiger partial charge < -0.3 is 17.2 Å². The Kier molecular flexibility index (Phi) is 6.97. The average molecular weight is 544 g/mol. The standard InChI is InChI=1S/C23H19N7.C8H10N2O/c24-21-18(6-2-11-25-21)22-27-19-9-10-20(29-13-3-12-26-29)28-23(19)30(22)17-8-7-15-4-1-5-16(15)14-17;9-5-6-3-1-2-4-7(6)8(10)11/h2-3,6-14H,1,4-5H2,(H2,24,25);1-4H,5,9H2,(H2,10,11). The molecule has 1 aliphatic carbocycles. The summed E-state index contributed by atoms with van der Waals surface area (Å²) in [5.74, 6) is 1.49. The molecule has 0 radical (unpaired) electrons. The number of imidazole rings is 1. The van der Waals surface area contributed by atoms with Crippen molar-refractivity contribution < 1.29 is 4.79 Å². The zero-order valence-electron chi connectivity index (χ0n) is 22.3. The van der Waals surface area contributed by atoms with Crippen molar-refractivity contribution in [2.24, 2.45) is 11.5 Å². The molecule has 0 aliphatic heterocycles. The molecular weight excluding hydrogens is 514 g/mol. The molecule has 6 N–H and O–H groups in total. The molecule has 10 heteroatoms. The number of aromatic nitrogens is 6. The van der Waals surface area contributed by atoms with Crippen LogP contribution in [0.5, 0.6) is 0 Å². The van der Waals surface area contributed by atoms with Crippen LogP contribution in [0.25, 0.3) is 34.1 Å². The molecule has 0 unspecified atom stereocenters. The number of carbonyl (C=O) groups is 1. The number of rotatable bonds is 5. The Balaban J connectivity index is 0.000000233. The summed E-state index contributed by atoms with van der Waals surface area (Å²) in [6.07, 6.45) is 8.76. The van der Waals surface area contributed by atoms with E-state index in [2.05, 4.69) is 32.8 Å². The lowest BCUT2D eigenvalue weighted by atomic mass is 10.1. The van der Waals surface area contributed by atoms with Gasteiger partial charge in [-0.25, -0.2) is 19.6 Å². The van der Waals surface area contributed by atoms with Crippen LogP contribution in [-0.2, 0) is 19.4 Å². The van der Waals surface area contributed by atoms with Crippen molar-refractivity contribution in [3.05, 3.63) is 114 Å². The molecule has 6 aromatic rings. The van der Waals surface area contributed by atoms with E-state index >= 15 is 0 Å². The fourth-order valence-electron chi connectivity index (χ4n) is 5.15. The highest BCUT2D eigenvalue weighted by atomic mass is 16.1. The number of hydrogen-bond acceptors (Lipinski definition) is 7. The number of primary amides is 1. The minimum Gasteiger partial charge on any atom is -0.383 e. The highest BCUT2D eigenvalue weighted by molar-refractivity contribution is 5.94. The molecule has 10 nitrogen and oxygen atoms in total. The van der Waals surface area contributed by atoms with Crippen molar-refractivity contribution in [3.8, 4) is 22.9 Å². The molecule has 1 aliphatic rings. The van der Waals surface area contributed by atoms with E-state index in [0.717, 1.165) is 52.5 Å². The number of anilines is 1. The van der Waals surface area contributed by atoms with Crippen LogP contribution < -0.4 is 17.2 Å². The molecule has 2 aromatic carbocycles. The van der Waals surface area contributed by atoms with E-state index in [9.17, 15) is 4.79 Å². The number of carbonyl (C=O) groups excluding carboxylic acids is 1. The van der Waals surface area contributed by atoms with Crippen molar-refractivity contribution >= 4 is 22.9 Å². The molecule has 0 spiro atoms. The van der Waals surface area contributed by atoms with E-state index in [1.165, 1.54) is 17.5 Å². The summed E-state index contributed by atoms with van der Waals surface area (Å²) in [5.41, 5.74) is 24.2. The fraction of sp³-hybridized carbons (Fsp3) is 0.129. The Morgan fingerprint density at radius 1 is 0.902 bits per heavy atom. The number of fused-ring (bicyclic) bond motifs is 2. The van der Waals surface area contributed by atoms with Gasteiger partial charge in [-0.05, 0) is 84.5 Å². The van der Waals surface area contributed by atoms with E-state index in [1.54, 1.807) is 35.3 Å². The van der Waals surface area contributed by atoms with Crippen LogP contribution in [0.3, 0.4) is 0 Å². The maximum atomic E-state index is 10.7. The molecule has 0 atom stereocenters. The van der Waals surface area contributed by atoms with Crippen LogP contribution in [-0.4, -0.2) is 35.2 Å². The maximum Gasteiger partial charge on any atom is 0.249 e. The third-order valence-corrected chi connectivity index (χ3v) is 7.15. The second-order valence-electron chi connectivity index (χ2n) is 9.70. The van der Waals surface area contributed by atoms with Gasteiger partial charge in [-0.15, -0.1) is 0 Å². The summed E-state index contributed by atoms with van der Waals surface area (Å²) >= 11 is 0. The third-order valence-electron chi connectivity index (χ3n) is 7.15. The monoisotopic (exact) mass is 543 g/mol. The topological polar surface area (TPSA) is 157 Å². The van der Waals surface area contributed by atoms with Crippen LogP contribution in [0.15, 0.2) is 91.4 Å². The summed E-state index contributed by atoms with van der Waals surface area (Å²) in [7, 11) is 0. The molecule has 0 saturated carbocycles. The Morgan fingerprint density at radius 3 is 2.51 bits per heavy atom. The van der Waals surface area contributed by atoms with E-state index in [-0.39, 0.29) is 0 Å². The number of nitrogen functional groups attached to an aromatic ring is 1. The van der Waals surface area contributed by atoms with Gasteiger partial charge in [0.15, 0.2) is 17.3 Å². The van der Waals surface area contributed by atoms with Crippen LogP contribution >= 0.6 is 0 Å². The van der Waals surface area contributed by atoms with Gasteiger partial charge in [-0.1, -0.05) is 24.3 Å². The normalized spacial score (nSPS) is 12.1. The molecule has 7 rings (SSSR count). The summed E-state index contributed by atoms with van der Waals surface area (Å²) in [6, 6.07) is 23.3. The van der Waals surface area contributed by atoms with Gasteiger partial charge in [0.25, 0.3) is 0 Å². The second kappa shape index (κ2) is 11.0. The Labute approximate surface area is 236 Å². The molecule has 4 aromatic heterocycles. The molecule has 0 saturated heterocycles. The molecule has 0 fully saturated rings. The quantitative estimate of drug-likeness (QED) is 0.297. The van der Waals surface area contributed by atoms with Gasteiger partial charge in [0.1, 0.15) is 11.3 Å². The number of hydrogen-bond donors (Lipinski definition) is 3. The first-order valence-corrected chi connectivity index (χ1v) is 13.3. The van der Waals surface area contributed by atoms with Gasteiger partial charge in [0, 0.05) is 36.4 Å². The van der Waals surface area contributed by atoms with Crippen molar-refractivity contribution in [1.82, 2.24) is 29.3 Å². The second-order valence-corrected chi connectivity index (χ2v) is 9.70. The third kappa shape index (κ3) is 5.04. The summed E-state index contributed by atoms with van der Waals surface area (Å²) in [5, 5.41) is 4.32. The molecule has 4 heterocycles. The SMILES string of the molecule is NCc1ccccc1C(N)=O.Nc1ncccc1-c1nc2ccc(-n3cccn3)nc2n1-c1ccc2c(c1)CCC2. The van der Waals surface area contributed by atoms with Gasteiger partial charge >= 0.3 is 0 Å². The maximum absolute atomic E-state index is 10.7. The van der Waals surface area contributed by atoms with E-state index < -0.39 is 5.91 Å². The van der Waals surface area contributed by atoms with Gasteiger partial charge in [-0.3, -0.25) is 9.36 Å². The number of amides is 1. The minimum atomic E-state index is -0.425. The van der Waals surface area contributed by atoms with Crippen molar-refractivity contribution in [2.45, 2.75) is 25.8 Å². The highest BCUT2D eigenvalue weighted by Crippen LogP contribution is 2.32. The molecular formula is C31H29N9O. The van der Waals surface area contributed by atoms with Gasteiger partial charge in [0.2, 0.25) is 5.91 Å². The predicted molar refractivity (Wildman–Crippen MR) is 159 cm³/mol. The van der Waals surface area contributed by atoms with Crippen molar-refractivity contribution in [1.29, 1.82) is 0 Å². The Bertz CT molecular complexity index is 1860. The zero-order chi connectivity index (χ0) is 28.3. The lowest BCUT2D eigenvalue weighted by Crippen LogP contribution is -2.15. The molecule has 41 heavy (non-hydrogen) atoms. The fourth-order valence-corrected chi connectivity index (χ4v) is 5.15. The molecule has 204 valence electrons. The first-order valence-electron chi connectivity index (χ1n) is 13.3. The van der Waals surface area contributed by atoms with Crippen LogP contribution in [0.2, 0.25) is 0 Å². The predicted octanol–water partition coefficient (Wildman–Crippen LogP) is 3.98. The first kappa shape index (κ1) is 25.9. The molecule has 1 amide bonds. The summed E-state index contributed by atoms with van der Waals surface area (Å²) in [6.45, 7) is 0.346. The first-order chi connectivity index (χ1) is 20.0. The number of nitrogens with two attached hydrogens (primary N) is 3. The zero-order valence-corrected chi connectivity index (χ0v) is 22.3. The smallest absolute Gasteiger partial charge is 0.249 e.